The van der Waals surface area contributed by atoms with Crippen LogP contribution in [-0.4, -0.2) is 36.2 Å². The Hall–Kier alpha value is -0.940. The van der Waals surface area contributed by atoms with Gasteiger partial charge < -0.3 is 10.2 Å². The molecule has 0 aromatic heterocycles. The number of hydrogen-bond donors (Lipinski definition) is 1. The van der Waals surface area contributed by atoms with Crippen molar-refractivity contribution in [1.29, 1.82) is 0 Å². The molecule has 1 rings (SSSR count). The molecule has 1 aliphatic carbocycles. The van der Waals surface area contributed by atoms with E-state index in [9.17, 15) is 18.0 Å². The summed E-state index contributed by atoms with van der Waals surface area (Å²) in [6.07, 6.45) is 0.0157. The lowest BCUT2D eigenvalue weighted by Gasteiger charge is -2.25. The van der Waals surface area contributed by atoms with E-state index in [-0.39, 0.29) is 12.6 Å². The second-order valence-electron chi connectivity index (χ2n) is 4.47. The van der Waals surface area contributed by atoms with E-state index in [0.29, 0.717) is 6.42 Å². The summed E-state index contributed by atoms with van der Waals surface area (Å²) in [6, 6.07) is -0.536. The molecule has 0 saturated heterocycles. The lowest BCUT2D eigenvalue weighted by atomic mass is 10.2. The molecule has 2 amide bonds. The van der Waals surface area contributed by atoms with E-state index in [2.05, 4.69) is 5.32 Å². The van der Waals surface area contributed by atoms with Crippen LogP contribution in [0.4, 0.5) is 18.0 Å². The molecule has 0 bridgehead atoms. The van der Waals surface area contributed by atoms with Gasteiger partial charge in [0.25, 0.3) is 0 Å². The molecule has 0 aromatic rings. The molecule has 1 N–H and O–H groups in total. The van der Waals surface area contributed by atoms with Crippen LogP contribution in [0.3, 0.4) is 0 Å². The van der Waals surface area contributed by atoms with E-state index in [1.54, 1.807) is 6.92 Å². The quantitative estimate of drug-likeness (QED) is 0.819. The molecule has 0 spiro atoms. The first-order chi connectivity index (χ1) is 7.92. The summed E-state index contributed by atoms with van der Waals surface area (Å²) in [4.78, 5) is 12.5. The van der Waals surface area contributed by atoms with E-state index in [1.165, 1.54) is 0 Å². The first-order valence-electron chi connectivity index (χ1n) is 6.04. The molecule has 3 nitrogen and oxygen atoms in total. The van der Waals surface area contributed by atoms with Gasteiger partial charge in [0.05, 0.1) is 0 Å². The highest BCUT2D eigenvalue weighted by molar-refractivity contribution is 5.74. The van der Waals surface area contributed by atoms with Crippen LogP contribution in [0.1, 0.15) is 39.0 Å². The zero-order chi connectivity index (χ0) is 12.9. The summed E-state index contributed by atoms with van der Waals surface area (Å²) in [6.45, 7) is 0.726. The maximum Gasteiger partial charge on any atom is 0.406 e. The van der Waals surface area contributed by atoms with Gasteiger partial charge in [0, 0.05) is 12.6 Å². The third-order valence-electron chi connectivity index (χ3n) is 2.83. The molecule has 0 unspecified atom stereocenters. The van der Waals surface area contributed by atoms with Crippen LogP contribution in [0, 0.1) is 0 Å². The molecule has 1 saturated carbocycles. The van der Waals surface area contributed by atoms with E-state index in [4.69, 9.17) is 0 Å². The van der Waals surface area contributed by atoms with Gasteiger partial charge >= 0.3 is 12.2 Å². The zero-order valence-corrected chi connectivity index (χ0v) is 10.0. The summed E-state index contributed by atoms with van der Waals surface area (Å²) in [5.41, 5.74) is 0. The van der Waals surface area contributed by atoms with Crippen LogP contribution >= 0.6 is 0 Å². The average molecular weight is 252 g/mol. The number of nitrogens with one attached hydrogen (secondary N) is 1. The van der Waals surface area contributed by atoms with Crippen molar-refractivity contribution in [2.45, 2.75) is 51.2 Å². The Balaban J connectivity index is 2.47. The molecule has 0 atom stereocenters. The molecule has 100 valence electrons. The fourth-order valence-electron chi connectivity index (χ4n) is 2.07. The van der Waals surface area contributed by atoms with Crippen molar-refractivity contribution in [1.82, 2.24) is 10.2 Å². The number of nitrogens with zero attached hydrogens (tertiary/aromatic N) is 1. The standard InChI is InChI=1S/C11H19F3N2O/c1-2-7-16(8-11(12,13)14)10(17)15-9-5-3-4-6-9/h9H,2-8H2,1H3,(H,15,17). The third-order valence-corrected chi connectivity index (χ3v) is 2.83. The Morgan fingerprint density at radius 2 is 1.94 bits per heavy atom. The number of carbonyl (C=O) groups excluding carboxylic acids is 1. The predicted molar refractivity (Wildman–Crippen MR) is 58.7 cm³/mol. The van der Waals surface area contributed by atoms with E-state index < -0.39 is 18.8 Å². The minimum Gasteiger partial charge on any atom is -0.335 e. The highest BCUT2D eigenvalue weighted by Crippen LogP contribution is 2.19. The van der Waals surface area contributed by atoms with Gasteiger partial charge in [0.1, 0.15) is 6.54 Å². The van der Waals surface area contributed by atoms with Gasteiger partial charge in [-0.3, -0.25) is 0 Å². The summed E-state index contributed by atoms with van der Waals surface area (Å²) >= 11 is 0. The van der Waals surface area contributed by atoms with Crippen LogP contribution in [0.25, 0.3) is 0 Å². The van der Waals surface area contributed by atoms with Crippen molar-refractivity contribution < 1.29 is 18.0 Å². The van der Waals surface area contributed by atoms with Crippen molar-refractivity contribution in [2.24, 2.45) is 0 Å². The van der Waals surface area contributed by atoms with Gasteiger partial charge in [-0.05, 0) is 19.3 Å². The Morgan fingerprint density at radius 1 is 1.35 bits per heavy atom. The van der Waals surface area contributed by atoms with Crippen LogP contribution in [0.5, 0.6) is 0 Å². The molecule has 17 heavy (non-hydrogen) atoms. The number of hydrogen-bond acceptors (Lipinski definition) is 1. The Kier molecular flexibility index (Phi) is 5.08. The minimum atomic E-state index is -4.33. The number of rotatable bonds is 4. The zero-order valence-electron chi connectivity index (χ0n) is 10.0. The highest BCUT2D eigenvalue weighted by Gasteiger charge is 2.33. The highest BCUT2D eigenvalue weighted by atomic mass is 19.4. The molecule has 0 radical (unpaired) electrons. The summed E-state index contributed by atoms with van der Waals surface area (Å²) in [5.74, 6) is 0. The lowest BCUT2D eigenvalue weighted by molar-refractivity contribution is -0.140. The average Bonchev–Trinajstić information content (AvgIpc) is 2.67. The number of carbonyl (C=O) groups is 1. The number of amides is 2. The maximum atomic E-state index is 12.3. The fourth-order valence-corrected chi connectivity index (χ4v) is 2.07. The SMILES string of the molecule is CCCN(CC(F)(F)F)C(=O)NC1CCCC1. The minimum absolute atomic E-state index is 0.0510. The first kappa shape index (κ1) is 14.1. The van der Waals surface area contributed by atoms with Crippen molar-refractivity contribution >= 4 is 6.03 Å². The molecule has 0 heterocycles. The predicted octanol–water partition coefficient (Wildman–Crippen LogP) is 2.91. The van der Waals surface area contributed by atoms with Crippen molar-refractivity contribution in [2.75, 3.05) is 13.1 Å². The second kappa shape index (κ2) is 6.12. The van der Waals surface area contributed by atoms with Crippen LogP contribution in [-0.2, 0) is 0 Å². The molecular formula is C11H19F3N2O. The summed E-state index contributed by atoms with van der Waals surface area (Å²) in [7, 11) is 0. The van der Waals surface area contributed by atoms with Crippen LogP contribution in [0.15, 0.2) is 0 Å². The van der Waals surface area contributed by atoms with Crippen molar-refractivity contribution in [3.05, 3.63) is 0 Å². The van der Waals surface area contributed by atoms with E-state index >= 15 is 0 Å². The van der Waals surface area contributed by atoms with Crippen molar-refractivity contribution in [3.8, 4) is 0 Å². The first-order valence-corrected chi connectivity index (χ1v) is 6.04. The molecule has 6 heteroatoms. The Bertz CT molecular complexity index is 250. The van der Waals surface area contributed by atoms with Gasteiger partial charge in [-0.15, -0.1) is 0 Å². The number of alkyl halides is 3. The van der Waals surface area contributed by atoms with Gasteiger partial charge in [-0.25, -0.2) is 4.79 Å². The van der Waals surface area contributed by atoms with Gasteiger partial charge in [-0.2, -0.15) is 13.2 Å². The Labute approximate surface area is 99.4 Å². The lowest BCUT2D eigenvalue weighted by Crippen LogP contribution is -2.47. The smallest absolute Gasteiger partial charge is 0.335 e. The molecule has 1 aliphatic rings. The van der Waals surface area contributed by atoms with E-state index in [1.807, 2.05) is 0 Å². The summed E-state index contributed by atoms with van der Waals surface area (Å²) < 4.78 is 36.8. The van der Waals surface area contributed by atoms with Crippen molar-refractivity contribution in [3.63, 3.8) is 0 Å². The van der Waals surface area contributed by atoms with Crippen LogP contribution in [0.2, 0.25) is 0 Å². The second-order valence-corrected chi connectivity index (χ2v) is 4.47. The fraction of sp³-hybridized carbons (Fsp3) is 0.909. The Morgan fingerprint density at radius 3 is 2.41 bits per heavy atom. The number of halogens is 3. The molecule has 0 aromatic carbocycles. The van der Waals surface area contributed by atoms with E-state index in [0.717, 1.165) is 30.6 Å². The normalized spacial score (nSPS) is 17.2. The van der Waals surface area contributed by atoms with Gasteiger partial charge in [0.15, 0.2) is 0 Å². The monoisotopic (exact) mass is 252 g/mol. The van der Waals surface area contributed by atoms with Crippen LogP contribution < -0.4 is 5.32 Å². The summed E-state index contributed by atoms with van der Waals surface area (Å²) in [5, 5.41) is 2.67. The topological polar surface area (TPSA) is 32.3 Å². The molecule has 0 aliphatic heterocycles. The maximum absolute atomic E-state index is 12.3. The largest absolute Gasteiger partial charge is 0.406 e. The van der Waals surface area contributed by atoms with Gasteiger partial charge in [-0.1, -0.05) is 19.8 Å². The molecular weight excluding hydrogens is 233 g/mol. The number of urea groups is 1. The third kappa shape index (κ3) is 5.28. The van der Waals surface area contributed by atoms with Gasteiger partial charge in [0.2, 0.25) is 0 Å². The molecule has 1 fully saturated rings.